The van der Waals surface area contributed by atoms with E-state index in [0.29, 0.717) is 0 Å². The fourth-order valence-corrected chi connectivity index (χ4v) is 2.65. The highest BCUT2D eigenvalue weighted by Crippen LogP contribution is 2.11. The Kier molecular flexibility index (Phi) is 7.24. The molecule has 0 heterocycles. The Labute approximate surface area is 115 Å². The zero-order valence-electron chi connectivity index (χ0n) is 12.3. The molecule has 0 unspecified atom stereocenters. The van der Waals surface area contributed by atoms with E-state index in [1.807, 2.05) is 0 Å². The van der Waals surface area contributed by atoms with Crippen molar-refractivity contribution in [3.63, 3.8) is 0 Å². The molecule has 1 aromatic carbocycles. The molecule has 18 heavy (non-hydrogen) atoms. The van der Waals surface area contributed by atoms with E-state index in [-0.39, 0.29) is 0 Å². The van der Waals surface area contributed by atoms with Crippen LogP contribution in [-0.4, -0.2) is 48.1 Å². The van der Waals surface area contributed by atoms with Gasteiger partial charge in [0.2, 0.25) is 0 Å². The molecule has 0 aromatic heterocycles. The molecule has 0 aliphatic heterocycles. The molecule has 0 spiro atoms. The molecule has 102 valence electrons. The Morgan fingerprint density at radius 2 is 1.78 bits per heavy atom. The fourth-order valence-electron chi connectivity index (χ4n) is 2.30. The third-order valence-electron chi connectivity index (χ3n) is 3.32. The molecular weight excluding hydrogens is 236 g/mol. The van der Waals surface area contributed by atoms with Gasteiger partial charge >= 0.3 is 0 Å². The fraction of sp³-hybridized carbons (Fsp3) is 0.600. The first-order valence-corrected chi connectivity index (χ1v) is 8.62. The van der Waals surface area contributed by atoms with E-state index in [9.17, 15) is 0 Å². The maximum absolute atomic E-state index is 3.44. The lowest BCUT2D eigenvalue weighted by Crippen LogP contribution is -2.39. The molecule has 3 heteroatoms. The summed E-state index contributed by atoms with van der Waals surface area (Å²) in [6.45, 7) is 3.62. The third-order valence-corrected chi connectivity index (χ3v) is 3.82. The minimum absolute atomic E-state index is 1.10. The second kappa shape index (κ2) is 8.46. The average molecular weight is 265 g/mol. The number of benzene rings is 1. The van der Waals surface area contributed by atoms with Crippen molar-refractivity contribution in [2.75, 3.05) is 33.4 Å². The van der Waals surface area contributed by atoms with E-state index in [1.165, 1.54) is 54.3 Å². The van der Waals surface area contributed by atoms with E-state index in [4.69, 9.17) is 0 Å². The number of hydrogen-bond acceptors (Lipinski definition) is 1. The van der Waals surface area contributed by atoms with E-state index in [2.05, 4.69) is 49.7 Å². The molecule has 0 bridgehead atoms. The van der Waals surface area contributed by atoms with Crippen molar-refractivity contribution in [1.82, 2.24) is 5.32 Å². The van der Waals surface area contributed by atoms with Gasteiger partial charge in [-0.1, -0.05) is 30.3 Å². The van der Waals surface area contributed by atoms with Crippen molar-refractivity contribution in [3.05, 3.63) is 35.9 Å². The van der Waals surface area contributed by atoms with E-state index >= 15 is 0 Å². The van der Waals surface area contributed by atoms with Crippen molar-refractivity contribution in [2.24, 2.45) is 0 Å². The van der Waals surface area contributed by atoms with Crippen LogP contribution in [0.1, 0.15) is 24.8 Å². The molecule has 2 nitrogen and oxygen atoms in total. The van der Waals surface area contributed by atoms with Gasteiger partial charge in [-0.05, 0) is 32.0 Å². The average Bonchev–Trinajstić information content (AvgIpc) is 2.34. The van der Waals surface area contributed by atoms with Crippen LogP contribution in [0.25, 0.3) is 0 Å². The topological polar surface area (TPSA) is 12.0 Å². The predicted octanol–water partition coefficient (Wildman–Crippen LogP) is 1.35. The summed E-state index contributed by atoms with van der Waals surface area (Å²) in [7, 11) is 5.95. The van der Waals surface area contributed by atoms with Gasteiger partial charge in [0.25, 0.3) is 0 Å². The third kappa shape index (κ3) is 6.94. The first-order valence-electron chi connectivity index (χ1n) is 7.21. The molecule has 0 aliphatic rings. The van der Waals surface area contributed by atoms with Crippen LogP contribution in [0.3, 0.4) is 0 Å². The number of unbranched alkanes of at least 4 members (excludes halogenated alkanes) is 2. The van der Waals surface area contributed by atoms with E-state index < -0.39 is 0 Å². The molecule has 0 saturated heterocycles. The van der Waals surface area contributed by atoms with Gasteiger partial charge in [0.05, 0.1) is 20.6 Å². The molecule has 0 amide bonds. The van der Waals surface area contributed by atoms with Crippen molar-refractivity contribution in [1.29, 1.82) is 0 Å². The summed E-state index contributed by atoms with van der Waals surface area (Å²) in [5.41, 5.74) is 1.44. The minimum atomic E-state index is 1.10. The molecular formula is C15H29N2Si+. The van der Waals surface area contributed by atoms with Crippen molar-refractivity contribution in [3.8, 4) is 0 Å². The van der Waals surface area contributed by atoms with Crippen LogP contribution in [-0.2, 0) is 6.54 Å². The minimum Gasteiger partial charge on any atom is -0.325 e. The molecule has 1 rings (SSSR count). The largest absolute Gasteiger partial charge is 0.325 e. The van der Waals surface area contributed by atoms with E-state index in [1.54, 1.807) is 0 Å². The van der Waals surface area contributed by atoms with Crippen LogP contribution >= 0.6 is 0 Å². The maximum atomic E-state index is 3.44. The molecule has 1 aromatic rings. The van der Waals surface area contributed by atoms with Gasteiger partial charge in [0.15, 0.2) is 0 Å². The van der Waals surface area contributed by atoms with Crippen molar-refractivity contribution in [2.45, 2.75) is 25.8 Å². The molecule has 0 atom stereocenters. The molecule has 0 radical (unpaired) electrons. The lowest BCUT2D eigenvalue weighted by Gasteiger charge is -2.30. The second-order valence-electron chi connectivity index (χ2n) is 5.72. The van der Waals surface area contributed by atoms with Gasteiger partial charge in [-0.3, -0.25) is 0 Å². The Balaban J connectivity index is 2.19. The summed E-state index contributed by atoms with van der Waals surface area (Å²) in [4.78, 5) is 0. The Morgan fingerprint density at radius 3 is 2.44 bits per heavy atom. The number of rotatable bonds is 9. The normalized spacial score (nSPS) is 11.9. The molecule has 0 fully saturated rings. The molecule has 0 saturated carbocycles. The van der Waals surface area contributed by atoms with Gasteiger partial charge in [-0.25, -0.2) is 0 Å². The quantitative estimate of drug-likeness (QED) is 0.404. The number of hydrogen-bond donors (Lipinski definition) is 1. The first kappa shape index (κ1) is 15.4. The first-order chi connectivity index (χ1) is 8.64. The zero-order chi connectivity index (χ0) is 13.3. The van der Waals surface area contributed by atoms with Gasteiger partial charge < -0.3 is 9.80 Å². The smallest absolute Gasteiger partial charge is 0.104 e. The van der Waals surface area contributed by atoms with Gasteiger partial charge in [-0.15, -0.1) is 0 Å². The Bertz CT molecular complexity index is 312. The highest BCUT2D eigenvalue weighted by Gasteiger charge is 2.14. The molecule has 1 N–H and O–H groups in total. The second-order valence-corrected chi connectivity index (χ2v) is 6.42. The lowest BCUT2D eigenvalue weighted by molar-refractivity contribution is -0.903. The number of nitrogens with zero attached hydrogens (tertiary/aromatic N) is 1. The van der Waals surface area contributed by atoms with Crippen molar-refractivity contribution >= 4 is 10.2 Å². The summed E-state index contributed by atoms with van der Waals surface area (Å²) in [6, 6.07) is 10.8. The monoisotopic (exact) mass is 265 g/mol. The molecule has 0 aliphatic carbocycles. The summed E-state index contributed by atoms with van der Waals surface area (Å²) in [5.74, 6) is 0. The van der Waals surface area contributed by atoms with Crippen LogP contribution < -0.4 is 5.32 Å². The SMILES string of the molecule is C[N+](C)(CCCCCNC[SiH3])Cc1ccccc1. The van der Waals surface area contributed by atoms with E-state index in [0.717, 1.165) is 11.0 Å². The maximum Gasteiger partial charge on any atom is 0.104 e. The summed E-state index contributed by atoms with van der Waals surface area (Å²) >= 11 is 0. The highest BCUT2D eigenvalue weighted by molar-refractivity contribution is 6.08. The Morgan fingerprint density at radius 1 is 1.06 bits per heavy atom. The highest BCUT2D eigenvalue weighted by atomic mass is 28.1. The van der Waals surface area contributed by atoms with Crippen LogP contribution in [0.5, 0.6) is 0 Å². The number of quaternary nitrogens is 1. The van der Waals surface area contributed by atoms with Crippen LogP contribution in [0.4, 0.5) is 0 Å². The summed E-state index contributed by atoms with van der Waals surface area (Å²) < 4.78 is 1.10. The number of nitrogens with one attached hydrogen (secondary N) is 1. The summed E-state index contributed by atoms with van der Waals surface area (Å²) in [5, 5.41) is 3.44. The van der Waals surface area contributed by atoms with Crippen molar-refractivity contribution < 1.29 is 4.48 Å². The van der Waals surface area contributed by atoms with Gasteiger partial charge in [0.1, 0.15) is 6.54 Å². The van der Waals surface area contributed by atoms with Crippen LogP contribution in [0.15, 0.2) is 30.3 Å². The van der Waals surface area contributed by atoms with Gasteiger partial charge in [0, 0.05) is 15.8 Å². The van der Waals surface area contributed by atoms with Crippen LogP contribution in [0, 0.1) is 0 Å². The summed E-state index contributed by atoms with van der Waals surface area (Å²) in [6.07, 6.45) is 5.25. The van der Waals surface area contributed by atoms with Gasteiger partial charge in [-0.2, -0.15) is 0 Å². The zero-order valence-corrected chi connectivity index (χ0v) is 14.3. The standard InChI is InChI=1S/C15H29N2Si/c1-17(2,12-8-4-7-11-16-14-18)13-15-9-5-3-6-10-15/h3,5-6,9-10,16H,4,7-8,11-14H2,1-2,18H3/q+1. The Hall–Kier alpha value is -0.643. The van der Waals surface area contributed by atoms with Crippen LogP contribution in [0.2, 0.25) is 0 Å². The predicted molar refractivity (Wildman–Crippen MR) is 83.8 cm³/mol. The lowest BCUT2D eigenvalue weighted by atomic mass is 10.1.